The van der Waals surface area contributed by atoms with Crippen molar-refractivity contribution in [1.82, 2.24) is 4.57 Å². The molecule has 0 fully saturated rings. The quantitative estimate of drug-likeness (QED) is 0.142. The average Bonchev–Trinajstić information content (AvgIpc) is 0.690. The normalized spacial score (nSPS) is 14.0. The highest BCUT2D eigenvalue weighted by Gasteiger charge is 2.46. The van der Waals surface area contributed by atoms with Crippen molar-refractivity contribution < 1.29 is 11.3 Å². The molecule has 0 saturated heterocycles. The third kappa shape index (κ3) is 11.2. The number of benzene rings is 13. The molecule has 0 atom stereocenters. The lowest BCUT2D eigenvalue weighted by atomic mass is 9.33. The third-order valence-corrected chi connectivity index (χ3v) is 21.8. The molecule has 0 aliphatic carbocycles. The molecule has 0 N–H and O–H groups in total. The Balaban J connectivity index is 1.10. The van der Waals surface area contributed by atoms with Crippen LogP contribution in [-0.2, 0) is 27.1 Å². The smallest absolute Gasteiger partial charge is 0.252 e. The molecule has 17 rings (SSSR count). The molecule has 13 aromatic carbocycles. The summed E-state index contributed by atoms with van der Waals surface area (Å²) in [5, 5.41) is 4.08. The molecule has 0 unspecified atom stereocenters. The minimum absolute atomic E-state index is 0.0944. The van der Waals surface area contributed by atoms with E-state index in [1.165, 1.54) is 27.8 Å². The Kier molecular flexibility index (Phi) is 13.8. The Morgan fingerprint density at radius 1 is 0.311 bits per heavy atom. The number of fused-ring (bicyclic) bond motifs is 10. The first-order chi connectivity index (χ1) is 51.3. The van der Waals surface area contributed by atoms with Crippen LogP contribution in [0.15, 0.2) is 277 Å². The molecular weight excluding hydrogens is 1250 g/mol. The number of anilines is 6. The number of rotatable bonds is 8. The number of para-hydroxylation sites is 3. The van der Waals surface area contributed by atoms with Gasteiger partial charge in [-0.2, -0.15) is 0 Å². The predicted molar refractivity (Wildman–Crippen MR) is 443 cm³/mol. The SMILES string of the molecule is [2H]c1c([2H])c([2H])c(-c2ccc3c(c2)N(c2cc(-c4ccc(C(C)(C)C)cc4)cc4c2c2ccccc2n4-c2ccccc2)c2cc(-c4cc(C(C)(C)C)cc(C(C)(C)C)c4)cc4c2B3c2ccc(-c3cc(C(C)(C)C)cc(C(C)(C)C)c3)cc2N4c2c(-c3ccccc3)ccc3oc4ccccc4c23)c([2H])c1[2H]. The summed E-state index contributed by atoms with van der Waals surface area (Å²) in [4.78, 5) is 5.10. The number of hydrogen-bond acceptors (Lipinski definition) is 3. The Labute approximate surface area is 616 Å². The van der Waals surface area contributed by atoms with E-state index in [9.17, 15) is 5.48 Å². The van der Waals surface area contributed by atoms with E-state index in [2.05, 4.69) is 355 Å². The van der Waals surface area contributed by atoms with Gasteiger partial charge in [-0.05, 0) is 194 Å². The number of aromatic nitrogens is 1. The molecule has 506 valence electrons. The maximum Gasteiger partial charge on any atom is 0.252 e. The highest BCUT2D eigenvalue weighted by atomic mass is 16.3. The molecule has 0 saturated carbocycles. The summed E-state index contributed by atoms with van der Waals surface area (Å²) in [5.41, 5.74) is 27.8. The second-order valence-corrected chi connectivity index (χ2v) is 33.9. The Morgan fingerprint density at radius 2 is 0.777 bits per heavy atom. The zero-order valence-electron chi connectivity index (χ0n) is 66.9. The average molecular weight is 1340 g/mol. The summed E-state index contributed by atoms with van der Waals surface area (Å²) in [6.45, 7) is 34.0. The lowest BCUT2D eigenvalue weighted by molar-refractivity contribution is 0.568. The van der Waals surface area contributed by atoms with E-state index in [1.54, 1.807) is 0 Å². The molecule has 0 amide bonds. The molecule has 0 radical (unpaired) electrons. The molecule has 2 aromatic heterocycles. The van der Waals surface area contributed by atoms with E-state index in [0.717, 1.165) is 144 Å². The first-order valence-electron chi connectivity index (χ1n) is 39.0. The van der Waals surface area contributed by atoms with Crippen LogP contribution in [0.3, 0.4) is 0 Å². The van der Waals surface area contributed by atoms with E-state index in [1.807, 2.05) is 6.07 Å². The lowest BCUT2D eigenvalue weighted by Crippen LogP contribution is -2.61. The van der Waals surface area contributed by atoms with Gasteiger partial charge >= 0.3 is 0 Å². The van der Waals surface area contributed by atoms with Crippen LogP contribution in [-0.4, -0.2) is 11.3 Å². The van der Waals surface area contributed by atoms with Gasteiger partial charge in [0, 0.05) is 50.2 Å². The van der Waals surface area contributed by atoms with Gasteiger partial charge in [-0.25, -0.2) is 0 Å². The van der Waals surface area contributed by atoms with E-state index in [4.69, 9.17) is 5.79 Å². The van der Waals surface area contributed by atoms with Gasteiger partial charge in [-0.3, -0.25) is 0 Å². The zero-order valence-corrected chi connectivity index (χ0v) is 61.9. The molecule has 103 heavy (non-hydrogen) atoms. The van der Waals surface area contributed by atoms with Crippen molar-refractivity contribution >= 4 is 101 Å². The first kappa shape index (κ1) is 59.8. The molecule has 4 nitrogen and oxygen atoms in total. The van der Waals surface area contributed by atoms with Gasteiger partial charge in [0.2, 0.25) is 0 Å². The van der Waals surface area contributed by atoms with Crippen LogP contribution in [0.25, 0.3) is 105 Å². The van der Waals surface area contributed by atoms with Crippen molar-refractivity contribution in [2.24, 2.45) is 0 Å². The fraction of sp³-hybridized carbons (Fsp3) is 0.204. The molecule has 0 spiro atoms. The monoisotopic (exact) mass is 1340 g/mol. The minimum atomic E-state index is -0.448. The fourth-order valence-electron chi connectivity index (χ4n) is 16.0. The number of hydrogen-bond donors (Lipinski definition) is 0. The Hall–Kier alpha value is -10.9. The van der Waals surface area contributed by atoms with Crippen molar-refractivity contribution in [1.29, 1.82) is 0 Å². The van der Waals surface area contributed by atoms with Crippen molar-refractivity contribution in [3.05, 3.63) is 301 Å². The van der Waals surface area contributed by atoms with Crippen LogP contribution in [0.4, 0.5) is 34.1 Å². The predicted octanol–water partition coefficient (Wildman–Crippen LogP) is 25.6. The lowest BCUT2D eigenvalue weighted by Gasteiger charge is -2.45. The van der Waals surface area contributed by atoms with Gasteiger partial charge in [0.15, 0.2) is 0 Å². The largest absolute Gasteiger partial charge is 0.456 e. The molecular formula is C98H90BN3O. The molecule has 15 aromatic rings. The summed E-state index contributed by atoms with van der Waals surface area (Å²) in [6.07, 6.45) is 0. The fourth-order valence-corrected chi connectivity index (χ4v) is 16.0. The molecule has 5 heteroatoms. The second kappa shape index (κ2) is 23.9. The maximum absolute atomic E-state index is 9.72. The van der Waals surface area contributed by atoms with Gasteiger partial charge in [-0.15, -0.1) is 0 Å². The van der Waals surface area contributed by atoms with Crippen LogP contribution in [0, 0.1) is 0 Å². The Morgan fingerprint density at radius 3 is 1.37 bits per heavy atom. The van der Waals surface area contributed by atoms with Gasteiger partial charge in [0.1, 0.15) is 11.2 Å². The molecule has 0 bridgehead atoms. The van der Waals surface area contributed by atoms with Crippen molar-refractivity contribution in [3.8, 4) is 61.3 Å². The van der Waals surface area contributed by atoms with Crippen molar-refractivity contribution in [2.45, 2.75) is 131 Å². The van der Waals surface area contributed by atoms with Gasteiger partial charge in [0.05, 0.1) is 34.6 Å². The Bertz CT molecular complexity index is 6120. The summed E-state index contributed by atoms with van der Waals surface area (Å²) in [6, 6.07) is 88.1. The van der Waals surface area contributed by atoms with Crippen molar-refractivity contribution in [2.75, 3.05) is 9.80 Å². The summed E-state index contributed by atoms with van der Waals surface area (Å²) in [5.74, 6) is 0. The van der Waals surface area contributed by atoms with E-state index < -0.39 is 12.8 Å². The first-order valence-corrected chi connectivity index (χ1v) is 36.5. The van der Waals surface area contributed by atoms with Gasteiger partial charge in [0.25, 0.3) is 6.71 Å². The van der Waals surface area contributed by atoms with E-state index in [0.29, 0.717) is 5.56 Å². The zero-order chi connectivity index (χ0) is 75.7. The standard InChI is InChI=1S/C98H90BN3O/c1-94(2,3)70-43-39-62(40-44-70)68-55-84-90(77-35-25-27-37-81(77)100(84)75-33-23-18-24-34-75)85(56-68)101-82-53-64(61-29-19-16-20-30-61)41-46-79(82)99-80-47-42-65(66-49-71(95(4,5)6)59-72(50-66)96(7,8)9)54-83(80)102(93-76(63-31-21-17-22-32-63)45-48-89-91(93)78-36-26-28-38-88(78)103-89)87-58-69(57-86(101)92(87)99)67-51-73(97(10,11)12)60-74(52-67)98(13,14)15/h16-60H,1-15H3/i16D,19D,20D,29D,30D. The molecule has 2 aliphatic rings. The number of nitrogens with zero attached hydrogens (tertiary/aromatic N) is 3. The third-order valence-electron chi connectivity index (χ3n) is 21.8. The van der Waals surface area contributed by atoms with Crippen LogP contribution >= 0.6 is 0 Å². The second-order valence-electron chi connectivity index (χ2n) is 33.9. The van der Waals surface area contributed by atoms with Gasteiger partial charge < -0.3 is 18.8 Å². The molecule has 4 heterocycles. The summed E-state index contributed by atoms with van der Waals surface area (Å²) >= 11 is 0. The van der Waals surface area contributed by atoms with E-state index in [-0.39, 0.29) is 56.8 Å². The maximum atomic E-state index is 9.72. The highest BCUT2D eigenvalue weighted by Crippen LogP contribution is 2.55. The van der Waals surface area contributed by atoms with Crippen LogP contribution in [0.2, 0.25) is 0 Å². The topological polar surface area (TPSA) is 24.6 Å². The summed E-state index contributed by atoms with van der Waals surface area (Å²) in [7, 11) is 0. The van der Waals surface area contributed by atoms with Crippen LogP contribution < -0.4 is 26.2 Å². The van der Waals surface area contributed by atoms with Crippen LogP contribution in [0.5, 0.6) is 0 Å². The van der Waals surface area contributed by atoms with Crippen molar-refractivity contribution in [3.63, 3.8) is 0 Å². The van der Waals surface area contributed by atoms with Crippen LogP contribution in [0.1, 0.15) is 139 Å². The van der Waals surface area contributed by atoms with Gasteiger partial charge in [-0.1, -0.05) is 304 Å². The molecule has 2 aliphatic heterocycles. The highest BCUT2D eigenvalue weighted by molar-refractivity contribution is 7.00. The van der Waals surface area contributed by atoms with E-state index >= 15 is 0 Å². The minimum Gasteiger partial charge on any atom is -0.456 e. The number of furan rings is 1. The summed E-state index contributed by atoms with van der Waals surface area (Å²) < 4.78 is 56.2.